The molecule has 94 valence electrons. The maximum Gasteiger partial charge on any atom is 0.226 e. The quantitative estimate of drug-likeness (QED) is 0.772. The van der Waals surface area contributed by atoms with Gasteiger partial charge in [-0.15, -0.1) is 0 Å². The first kappa shape index (κ1) is 12.1. The molecule has 0 saturated heterocycles. The molecular formula is C11H18N4O2. The Balaban J connectivity index is 1.99. The van der Waals surface area contributed by atoms with Gasteiger partial charge in [0.15, 0.2) is 0 Å². The lowest BCUT2D eigenvalue weighted by Gasteiger charge is -2.42. The topological polar surface area (TPSA) is 82.3 Å². The van der Waals surface area contributed by atoms with Crippen molar-refractivity contribution in [3.05, 3.63) is 12.3 Å². The van der Waals surface area contributed by atoms with Gasteiger partial charge in [0.25, 0.3) is 0 Å². The van der Waals surface area contributed by atoms with Crippen molar-refractivity contribution in [1.29, 1.82) is 0 Å². The molecule has 1 aliphatic carbocycles. The van der Waals surface area contributed by atoms with Gasteiger partial charge in [-0.1, -0.05) is 0 Å². The molecule has 1 aromatic heterocycles. The van der Waals surface area contributed by atoms with Crippen molar-refractivity contribution in [2.24, 2.45) is 5.73 Å². The molecule has 1 fully saturated rings. The van der Waals surface area contributed by atoms with Gasteiger partial charge >= 0.3 is 0 Å². The lowest BCUT2D eigenvalue weighted by Crippen LogP contribution is -2.60. The van der Waals surface area contributed by atoms with Crippen LogP contribution in [-0.4, -0.2) is 41.9 Å². The van der Waals surface area contributed by atoms with Gasteiger partial charge in [-0.2, -0.15) is 4.98 Å². The number of nitrogens with zero attached hydrogens (tertiary/aromatic N) is 2. The molecule has 17 heavy (non-hydrogen) atoms. The Kier molecular flexibility index (Phi) is 3.75. The summed E-state index contributed by atoms with van der Waals surface area (Å²) in [5.74, 6) is 1.05. The SMILES string of the molecule is CCOC1CC(N)C1Nc1nccc(OC)n1. The highest BCUT2D eigenvalue weighted by Gasteiger charge is 2.39. The minimum Gasteiger partial charge on any atom is -0.481 e. The summed E-state index contributed by atoms with van der Waals surface area (Å²) in [5, 5.41) is 3.19. The molecule has 1 aromatic rings. The summed E-state index contributed by atoms with van der Waals surface area (Å²) >= 11 is 0. The number of hydrogen-bond acceptors (Lipinski definition) is 6. The Labute approximate surface area is 101 Å². The fourth-order valence-electron chi connectivity index (χ4n) is 1.90. The number of rotatable bonds is 5. The van der Waals surface area contributed by atoms with E-state index in [1.807, 2.05) is 6.92 Å². The minimum absolute atomic E-state index is 0.0713. The number of nitrogens with one attached hydrogen (secondary N) is 1. The Bertz CT molecular complexity index is 372. The second kappa shape index (κ2) is 5.29. The zero-order chi connectivity index (χ0) is 12.3. The highest BCUT2D eigenvalue weighted by atomic mass is 16.5. The maximum absolute atomic E-state index is 5.93. The number of nitrogens with two attached hydrogens (primary N) is 1. The maximum atomic E-state index is 5.93. The molecular weight excluding hydrogens is 220 g/mol. The van der Waals surface area contributed by atoms with Gasteiger partial charge in [-0.25, -0.2) is 4.98 Å². The Morgan fingerprint density at radius 2 is 2.41 bits per heavy atom. The first-order chi connectivity index (χ1) is 8.24. The Morgan fingerprint density at radius 3 is 3.06 bits per heavy atom. The van der Waals surface area contributed by atoms with Crippen LogP contribution in [0.3, 0.4) is 0 Å². The summed E-state index contributed by atoms with van der Waals surface area (Å²) in [5.41, 5.74) is 5.93. The Morgan fingerprint density at radius 1 is 1.59 bits per heavy atom. The van der Waals surface area contributed by atoms with E-state index in [0.29, 0.717) is 18.4 Å². The zero-order valence-corrected chi connectivity index (χ0v) is 10.1. The molecule has 6 nitrogen and oxygen atoms in total. The molecule has 3 unspecified atom stereocenters. The van der Waals surface area contributed by atoms with Crippen molar-refractivity contribution in [1.82, 2.24) is 9.97 Å². The molecule has 6 heteroatoms. The van der Waals surface area contributed by atoms with Crippen LogP contribution in [0.25, 0.3) is 0 Å². The Hall–Kier alpha value is -1.40. The van der Waals surface area contributed by atoms with Gasteiger partial charge in [0.1, 0.15) is 0 Å². The molecule has 1 aliphatic rings. The number of ether oxygens (including phenoxy) is 2. The van der Waals surface area contributed by atoms with E-state index in [4.69, 9.17) is 15.2 Å². The second-order valence-corrected chi connectivity index (χ2v) is 3.99. The van der Waals surface area contributed by atoms with E-state index < -0.39 is 0 Å². The first-order valence-electron chi connectivity index (χ1n) is 5.75. The van der Waals surface area contributed by atoms with E-state index in [-0.39, 0.29) is 18.2 Å². The number of hydrogen-bond donors (Lipinski definition) is 2. The van der Waals surface area contributed by atoms with Crippen LogP contribution in [0.4, 0.5) is 5.95 Å². The second-order valence-electron chi connectivity index (χ2n) is 3.99. The highest BCUT2D eigenvalue weighted by molar-refractivity contribution is 5.32. The fourth-order valence-corrected chi connectivity index (χ4v) is 1.90. The first-order valence-corrected chi connectivity index (χ1v) is 5.75. The van der Waals surface area contributed by atoms with Crippen LogP contribution >= 0.6 is 0 Å². The molecule has 0 radical (unpaired) electrons. The van der Waals surface area contributed by atoms with Crippen molar-refractivity contribution in [3.8, 4) is 5.88 Å². The average Bonchev–Trinajstić information content (AvgIpc) is 2.36. The van der Waals surface area contributed by atoms with Crippen molar-refractivity contribution >= 4 is 5.95 Å². The van der Waals surface area contributed by atoms with Crippen molar-refractivity contribution < 1.29 is 9.47 Å². The van der Waals surface area contributed by atoms with Crippen LogP contribution in [0, 0.1) is 0 Å². The van der Waals surface area contributed by atoms with Crippen LogP contribution in [0.15, 0.2) is 12.3 Å². The summed E-state index contributed by atoms with van der Waals surface area (Å²) in [7, 11) is 1.57. The van der Waals surface area contributed by atoms with Crippen LogP contribution in [0.5, 0.6) is 5.88 Å². The van der Waals surface area contributed by atoms with Crippen molar-refractivity contribution in [2.45, 2.75) is 31.5 Å². The molecule has 3 N–H and O–H groups in total. The van der Waals surface area contributed by atoms with Crippen LogP contribution in [0.1, 0.15) is 13.3 Å². The molecule has 0 aromatic carbocycles. The van der Waals surface area contributed by atoms with Gasteiger partial charge in [-0.3, -0.25) is 0 Å². The summed E-state index contributed by atoms with van der Waals surface area (Å²) in [6.45, 7) is 2.66. The zero-order valence-electron chi connectivity index (χ0n) is 10.1. The normalized spacial score (nSPS) is 27.4. The van der Waals surface area contributed by atoms with E-state index in [9.17, 15) is 0 Å². The monoisotopic (exact) mass is 238 g/mol. The van der Waals surface area contributed by atoms with Gasteiger partial charge in [0.2, 0.25) is 11.8 Å². The lowest BCUT2D eigenvalue weighted by molar-refractivity contribution is -0.0128. The van der Waals surface area contributed by atoms with E-state index in [1.165, 1.54) is 0 Å². The van der Waals surface area contributed by atoms with E-state index in [1.54, 1.807) is 19.4 Å². The summed E-state index contributed by atoms with van der Waals surface area (Å²) in [6, 6.07) is 1.86. The standard InChI is InChI=1S/C11H18N4O2/c1-3-17-8-6-7(12)10(8)15-11-13-5-4-9(14-11)16-2/h4-5,7-8,10H,3,6,12H2,1-2H3,(H,13,14,15). The van der Waals surface area contributed by atoms with Crippen LogP contribution in [0.2, 0.25) is 0 Å². The number of anilines is 1. The summed E-state index contributed by atoms with van der Waals surface area (Å²) in [4.78, 5) is 8.31. The van der Waals surface area contributed by atoms with E-state index >= 15 is 0 Å². The number of aromatic nitrogens is 2. The van der Waals surface area contributed by atoms with Gasteiger partial charge in [0.05, 0.1) is 19.3 Å². The van der Waals surface area contributed by atoms with Gasteiger partial charge in [0, 0.05) is 24.9 Å². The molecule has 0 bridgehead atoms. The van der Waals surface area contributed by atoms with E-state index in [0.717, 1.165) is 6.42 Å². The highest BCUT2D eigenvalue weighted by Crippen LogP contribution is 2.25. The smallest absolute Gasteiger partial charge is 0.226 e. The number of methoxy groups -OCH3 is 1. The largest absolute Gasteiger partial charge is 0.481 e. The summed E-state index contributed by atoms with van der Waals surface area (Å²) < 4.78 is 10.6. The molecule has 2 rings (SSSR count). The van der Waals surface area contributed by atoms with Crippen molar-refractivity contribution in [3.63, 3.8) is 0 Å². The molecule has 1 saturated carbocycles. The molecule has 1 heterocycles. The minimum atomic E-state index is 0.0713. The average molecular weight is 238 g/mol. The van der Waals surface area contributed by atoms with Crippen molar-refractivity contribution in [2.75, 3.05) is 19.0 Å². The third-order valence-electron chi connectivity index (χ3n) is 2.88. The van der Waals surface area contributed by atoms with Gasteiger partial charge in [-0.05, 0) is 13.3 Å². The molecule has 0 spiro atoms. The predicted molar refractivity (Wildman–Crippen MR) is 64.0 cm³/mol. The molecule has 3 atom stereocenters. The third-order valence-corrected chi connectivity index (χ3v) is 2.88. The molecule has 0 amide bonds. The van der Waals surface area contributed by atoms with Crippen LogP contribution < -0.4 is 15.8 Å². The van der Waals surface area contributed by atoms with E-state index in [2.05, 4.69) is 15.3 Å². The summed E-state index contributed by atoms with van der Waals surface area (Å²) in [6.07, 6.45) is 2.66. The van der Waals surface area contributed by atoms with Gasteiger partial charge < -0.3 is 20.5 Å². The third kappa shape index (κ3) is 2.65. The lowest BCUT2D eigenvalue weighted by atomic mass is 9.83. The fraction of sp³-hybridized carbons (Fsp3) is 0.636. The predicted octanol–water partition coefficient (Wildman–Crippen LogP) is 0.402. The van der Waals surface area contributed by atoms with Crippen LogP contribution in [-0.2, 0) is 4.74 Å². The molecule has 0 aliphatic heterocycles.